The van der Waals surface area contributed by atoms with E-state index in [-0.39, 0.29) is 11.7 Å². The van der Waals surface area contributed by atoms with Crippen LogP contribution in [0.1, 0.15) is 31.4 Å². The number of aromatic nitrogens is 1. The van der Waals surface area contributed by atoms with Gasteiger partial charge in [0.25, 0.3) is 5.22 Å². The second kappa shape index (κ2) is 7.83. The minimum absolute atomic E-state index is 0.0433. The summed E-state index contributed by atoms with van der Waals surface area (Å²) < 4.78 is 11.1. The van der Waals surface area contributed by atoms with E-state index in [4.69, 9.17) is 8.83 Å². The zero-order chi connectivity index (χ0) is 17.8. The molecule has 0 saturated carbocycles. The Labute approximate surface area is 156 Å². The highest BCUT2D eigenvalue weighted by Gasteiger charge is 2.22. The summed E-state index contributed by atoms with van der Waals surface area (Å²) in [5, 5.41) is 0.523. The zero-order valence-corrected chi connectivity index (χ0v) is 15.2. The number of rotatable bonds is 6. The Morgan fingerprint density at radius 3 is 2.88 bits per heavy atom. The minimum Gasteiger partial charge on any atom is -0.467 e. The molecule has 0 bridgehead atoms. The molecule has 0 saturated heterocycles. The molecule has 1 aliphatic carbocycles. The molecule has 0 fully saturated rings. The molecule has 0 aliphatic heterocycles. The first kappa shape index (κ1) is 17.0. The zero-order valence-electron chi connectivity index (χ0n) is 14.4. The van der Waals surface area contributed by atoms with Crippen molar-refractivity contribution in [2.45, 2.75) is 37.5 Å². The number of carbonyl (C=O) groups is 1. The summed E-state index contributed by atoms with van der Waals surface area (Å²) in [6.07, 6.45) is 8.07. The fourth-order valence-electron chi connectivity index (χ4n) is 3.09. The number of amides is 1. The number of benzene rings is 1. The van der Waals surface area contributed by atoms with Gasteiger partial charge in [-0.3, -0.25) is 4.79 Å². The Bertz CT molecular complexity index is 881. The molecule has 6 heteroatoms. The first-order chi connectivity index (χ1) is 12.8. The van der Waals surface area contributed by atoms with Crippen LogP contribution in [-0.4, -0.2) is 21.5 Å². The number of hydrogen-bond donors (Lipinski definition) is 0. The molecule has 1 amide bonds. The number of allylic oxidation sites excluding steroid dienone is 2. The van der Waals surface area contributed by atoms with Crippen LogP contribution in [0.5, 0.6) is 0 Å². The van der Waals surface area contributed by atoms with Gasteiger partial charge in [0.15, 0.2) is 5.58 Å². The Balaban J connectivity index is 1.47. The number of carbonyl (C=O) groups excluding carboxylic acids is 1. The first-order valence-corrected chi connectivity index (χ1v) is 9.78. The number of thioether (sulfide) groups is 1. The summed E-state index contributed by atoms with van der Waals surface area (Å²) in [4.78, 5) is 19.2. The standard InChI is InChI=1S/C20H20N2O3S/c23-19(14-26-20-21-17-10-4-5-11-18(17)25-20)22(13-16-9-6-12-24-16)15-7-2-1-3-8-15/h4-7,9-12H,1-3,8,13-14H2. The molecule has 0 unspecified atom stereocenters. The molecule has 3 aromatic rings. The average Bonchev–Trinajstić information content (AvgIpc) is 3.34. The lowest BCUT2D eigenvalue weighted by Gasteiger charge is -2.26. The number of fused-ring (bicyclic) bond motifs is 1. The van der Waals surface area contributed by atoms with Crippen LogP contribution in [-0.2, 0) is 11.3 Å². The first-order valence-electron chi connectivity index (χ1n) is 8.80. The van der Waals surface area contributed by atoms with Crippen molar-refractivity contribution in [2.24, 2.45) is 0 Å². The number of hydrogen-bond acceptors (Lipinski definition) is 5. The van der Waals surface area contributed by atoms with Crippen LogP contribution in [0, 0.1) is 0 Å². The summed E-state index contributed by atoms with van der Waals surface area (Å²) in [5.41, 5.74) is 2.64. The fourth-order valence-corrected chi connectivity index (χ4v) is 3.80. The van der Waals surface area contributed by atoms with E-state index < -0.39 is 0 Å². The molecule has 1 aromatic carbocycles. The van der Waals surface area contributed by atoms with Crippen molar-refractivity contribution in [3.05, 3.63) is 60.2 Å². The Kier molecular flexibility index (Phi) is 5.11. The van der Waals surface area contributed by atoms with E-state index in [1.54, 1.807) is 6.26 Å². The fraction of sp³-hybridized carbons (Fsp3) is 0.300. The molecule has 4 rings (SSSR count). The van der Waals surface area contributed by atoms with Gasteiger partial charge in [0.2, 0.25) is 5.91 Å². The van der Waals surface area contributed by atoms with Crippen LogP contribution in [0.2, 0.25) is 0 Å². The number of oxazole rings is 1. The third kappa shape index (κ3) is 3.85. The van der Waals surface area contributed by atoms with Crippen molar-refractivity contribution < 1.29 is 13.6 Å². The molecule has 2 heterocycles. The maximum Gasteiger partial charge on any atom is 0.257 e. The van der Waals surface area contributed by atoms with Gasteiger partial charge in [-0.05, 0) is 49.9 Å². The van der Waals surface area contributed by atoms with Crippen LogP contribution in [0.3, 0.4) is 0 Å². The summed E-state index contributed by atoms with van der Waals surface area (Å²) in [5.74, 6) is 1.11. The van der Waals surface area contributed by atoms with Gasteiger partial charge in [0, 0.05) is 5.70 Å². The van der Waals surface area contributed by atoms with E-state index in [0.717, 1.165) is 41.8 Å². The van der Waals surface area contributed by atoms with E-state index in [1.165, 1.54) is 18.2 Å². The lowest BCUT2D eigenvalue weighted by atomic mass is 10.0. The summed E-state index contributed by atoms with van der Waals surface area (Å²) in [6.45, 7) is 0.464. The predicted octanol–water partition coefficient (Wildman–Crippen LogP) is 5.00. The maximum atomic E-state index is 12.9. The van der Waals surface area contributed by atoms with Gasteiger partial charge in [0.05, 0.1) is 18.6 Å². The van der Waals surface area contributed by atoms with Gasteiger partial charge >= 0.3 is 0 Å². The number of para-hydroxylation sites is 2. The van der Waals surface area contributed by atoms with Crippen molar-refractivity contribution in [3.63, 3.8) is 0 Å². The van der Waals surface area contributed by atoms with Crippen molar-refractivity contribution in [1.82, 2.24) is 9.88 Å². The van der Waals surface area contributed by atoms with Gasteiger partial charge in [-0.1, -0.05) is 30.0 Å². The molecule has 0 radical (unpaired) electrons. The van der Waals surface area contributed by atoms with Gasteiger partial charge in [0.1, 0.15) is 11.3 Å². The third-order valence-corrected chi connectivity index (χ3v) is 5.22. The van der Waals surface area contributed by atoms with E-state index >= 15 is 0 Å². The van der Waals surface area contributed by atoms with Crippen LogP contribution in [0.4, 0.5) is 0 Å². The molecule has 134 valence electrons. The molecule has 2 aromatic heterocycles. The van der Waals surface area contributed by atoms with Crippen LogP contribution < -0.4 is 0 Å². The maximum absolute atomic E-state index is 12.9. The monoisotopic (exact) mass is 368 g/mol. The molecule has 0 spiro atoms. The van der Waals surface area contributed by atoms with Crippen LogP contribution in [0.25, 0.3) is 11.1 Å². The molecular formula is C20H20N2O3S. The Hall–Kier alpha value is -2.47. The normalized spacial score (nSPS) is 14.4. The summed E-state index contributed by atoms with van der Waals surface area (Å²) >= 11 is 1.33. The SMILES string of the molecule is O=C(CSc1nc2ccccc2o1)N(Cc1ccco1)C1=CCCCC1. The highest BCUT2D eigenvalue weighted by atomic mass is 32.2. The average molecular weight is 368 g/mol. The minimum atomic E-state index is 0.0433. The van der Waals surface area contributed by atoms with Crippen LogP contribution >= 0.6 is 11.8 Å². The summed E-state index contributed by atoms with van der Waals surface area (Å²) in [6, 6.07) is 11.4. The van der Waals surface area contributed by atoms with Crippen molar-refractivity contribution >= 4 is 28.8 Å². The second-order valence-corrected chi connectivity index (χ2v) is 7.16. The third-order valence-electron chi connectivity index (χ3n) is 4.40. The number of nitrogens with zero attached hydrogens (tertiary/aromatic N) is 2. The van der Waals surface area contributed by atoms with Gasteiger partial charge in [-0.2, -0.15) is 0 Å². The molecule has 5 nitrogen and oxygen atoms in total. The van der Waals surface area contributed by atoms with Gasteiger partial charge in [-0.25, -0.2) is 4.98 Å². The molecule has 0 N–H and O–H groups in total. The highest BCUT2D eigenvalue weighted by molar-refractivity contribution is 7.99. The Morgan fingerprint density at radius 1 is 1.19 bits per heavy atom. The highest BCUT2D eigenvalue weighted by Crippen LogP contribution is 2.27. The van der Waals surface area contributed by atoms with Gasteiger partial charge in [-0.15, -0.1) is 0 Å². The lowest BCUT2D eigenvalue weighted by molar-refractivity contribution is -0.127. The van der Waals surface area contributed by atoms with Crippen molar-refractivity contribution in [2.75, 3.05) is 5.75 Å². The molecule has 0 atom stereocenters. The Morgan fingerprint density at radius 2 is 2.12 bits per heavy atom. The lowest BCUT2D eigenvalue weighted by Crippen LogP contribution is -2.32. The van der Waals surface area contributed by atoms with E-state index in [1.807, 2.05) is 41.3 Å². The van der Waals surface area contributed by atoms with E-state index in [2.05, 4.69) is 11.1 Å². The van der Waals surface area contributed by atoms with Crippen LogP contribution in [0.15, 0.2) is 68.5 Å². The smallest absolute Gasteiger partial charge is 0.257 e. The van der Waals surface area contributed by atoms with Crippen molar-refractivity contribution in [1.29, 1.82) is 0 Å². The molecule has 1 aliphatic rings. The van der Waals surface area contributed by atoms with E-state index in [9.17, 15) is 4.79 Å². The second-order valence-electron chi connectivity index (χ2n) is 6.24. The topological polar surface area (TPSA) is 59.5 Å². The summed E-state index contributed by atoms with van der Waals surface area (Å²) in [7, 11) is 0. The molecule has 26 heavy (non-hydrogen) atoms. The predicted molar refractivity (Wildman–Crippen MR) is 101 cm³/mol. The largest absolute Gasteiger partial charge is 0.467 e. The quantitative estimate of drug-likeness (QED) is 0.573. The van der Waals surface area contributed by atoms with E-state index in [0.29, 0.717) is 11.8 Å². The molecular weight excluding hydrogens is 348 g/mol. The number of furan rings is 1. The van der Waals surface area contributed by atoms with Crippen molar-refractivity contribution in [3.8, 4) is 0 Å². The van der Waals surface area contributed by atoms with Gasteiger partial charge < -0.3 is 13.7 Å².